The summed E-state index contributed by atoms with van der Waals surface area (Å²) >= 11 is 0. The fourth-order valence-corrected chi connectivity index (χ4v) is 2.63. The molecule has 0 bridgehead atoms. The van der Waals surface area contributed by atoms with E-state index < -0.39 is 0 Å². The quantitative estimate of drug-likeness (QED) is 0.760. The van der Waals surface area contributed by atoms with Gasteiger partial charge in [0.25, 0.3) is 0 Å². The zero-order valence-electron chi connectivity index (χ0n) is 12.8. The van der Waals surface area contributed by atoms with Crippen LogP contribution in [0.15, 0.2) is 73.2 Å². The molecule has 4 heteroatoms. The maximum absolute atomic E-state index is 9.63. The highest BCUT2D eigenvalue weighted by atomic mass is 16.3. The van der Waals surface area contributed by atoms with E-state index in [4.69, 9.17) is 5.73 Å². The number of hydrogen-bond acceptors (Lipinski definition) is 3. The summed E-state index contributed by atoms with van der Waals surface area (Å²) in [6.07, 6.45) is 2.37. The minimum absolute atomic E-state index is 0.260. The van der Waals surface area contributed by atoms with Crippen molar-refractivity contribution in [2.45, 2.75) is 13.0 Å². The third-order valence-corrected chi connectivity index (χ3v) is 3.65. The van der Waals surface area contributed by atoms with Crippen LogP contribution in [0, 0.1) is 0 Å². The Kier molecular flexibility index (Phi) is 4.15. The molecule has 0 saturated carbocycles. The van der Waals surface area contributed by atoms with E-state index in [9.17, 15) is 5.11 Å². The van der Waals surface area contributed by atoms with Crippen LogP contribution >= 0.6 is 0 Å². The van der Waals surface area contributed by atoms with Gasteiger partial charge in [0.05, 0.1) is 17.7 Å². The average molecular weight is 305 g/mol. The number of aromatic hydroxyl groups is 1. The Morgan fingerprint density at radius 3 is 2.61 bits per heavy atom. The van der Waals surface area contributed by atoms with Crippen LogP contribution in [-0.2, 0) is 13.0 Å². The number of hydrogen-bond donors (Lipinski definition) is 2. The molecule has 0 amide bonds. The molecule has 0 spiro atoms. The van der Waals surface area contributed by atoms with Gasteiger partial charge in [-0.15, -0.1) is 0 Å². The van der Waals surface area contributed by atoms with Crippen molar-refractivity contribution in [2.75, 3.05) is 0 Å². The SMILES string of the molecule is C=C(N)Cc1c(-c2ccccc2)ncn1Cc1cccc(O)c1. The first kappa shape index (κ1) is 14.9. The molecule has 0 aliphatic carbocycles. The van der Waals surface area contributed by atoms with Crippen molar-refractivity contribution in [3.05, 3.63) is 84.5 Å². The second kappa shape index (κ2) is 6.40. The topological polar surface area (TPSA) is 64.1 Å². The van der Waals surface area contributed by atoms with E-state index in [-0.39, 0.29) is 5.75 Å². The Morgan fingerprint density at radius 1 is 1.13 bits per heavy atom. The Labute approximate surface area is 135 Å². The smallest absolute Gasteiger partial charge is 0.115 e. The molecule has 0 aliphatic heterocycles. The van der Waals surface area contributed by atoms with Crippen molar-refractivity contribution in [1.29, 1.82) is 0 Å². The zero-order chi connectivity index (χ0) is 16.2. The van der Waals surface area contributed by atoms with E-state index in [1.807, 2.05) is 48.8 Å². The van der Waals surface area contributed by atoms with E-state index in [0.29, 0.717) is 18.7 Å². The molecular weight excluding hydrogens is 286 g/mol. The van der Waals surface area contributed by atoms with Crippen molar-refractivity contribution < 1.29 is 5.11 Å². The molecule has 116 valence electrons. The summed E-state index contributed by atoms with van der Waals surface area (Å²) in [5.74, 6) is 0.260. The number of imidazole rings is 1. The van der Waals surface area contributed by atoms with E-state index in [1.54, 1.807) is 12.1 Å². The van der Waals surface area contributed by atoms with Gasteiger partial charge in [0.2, 0.25) is 0 Å². The Hall–Kier alpha value is -3.01. The Morgan fingerprint density at radius 2 is 1.91 bits per heavy atom. The molecule has 3 aromatic rings. The van der Waals surface area contributed by atoms with Gasteiger partial charge >= 0.3 is 0 Å². The van der Waals surface area contributed by atoms with Crippen LogP contribution in [0.25, 0.3) is 11.3 Å². The van der Waals surface area contributed by atoms with E-state index >= 15 is 0 Å². The van der Waals surface area contributed by atoms with Gasteiger partial charge in [-0.25, -0.2) is 4.98 Å². The molecule has 0 unspecified atom stereocenters. The molecule has 1 heterocycles. The third-order valence-electron chi connectivity index (χ3n) is 3.65. The first-order valence-corrected chi connectivity index (χ1v) is 7.44. The van der Waals surface area contributed by atoms with Gasteiger partial charge in [-0.2, -0.15) is 0 Å². The summed E-state index contributed by atoms with van der Waals surface area (Å²) in [5, 5.41) is 9.63. The lowest BCUT2D eigenvalue weighted by molar-refractivity contribution is 0.474. The number of phenols is 1. The van der Waals surface area contributed by atoms with Crippen LogP contribution in [0.2, 0.25) is 0 Å². The zero-order valence-corrected chi connectivity index (χ0v) is 12.8. The van der Waals surface area contributed by atoms with Crippen molar-refractivity contribution in [2.24, 2.45) is 5.73 Å². The highest BCUT2D eigenvalue weighted by Gasteiger charge is 2.13. The summed E-state index contributed by atoms with van der Waals surface area (Å²) in [6, 6.07) is 17.3. The number of nitrogens with zero attached hydrogens (tertiary/aromatic N) is 2. The van der Waals surface area contributed by atoms with Crippen LogP contribution in [0.3, 0.4) is 0 Å². The van der Waals surface area contributed by atoms with Gasteiger partial charge in [0.1, 0.15) is 5.75 Å². The lowest BCUT2D eigenvalue weighted by Crippen LogP contribution is -2.08. The second-order valence-electron chi connectivity index (χ2n) is 5.54. The molecule has 0 aliphatic rings. The number of benzene rings is 2. The maximum Gasteiger partial charge on any atom is 0.115 e. The number of allylic oxidation sites excluding steroid dienone is 1. The number of phenolic OH excluding ortho intramolecular Hbond substituents is 1. The van der Waals surface area contributed by atoms with Gasteiger partial charge in [-0.05, 0) is 17.7 Å². The molecule has 0 fully saturated rings. The van der Waals surface area contributed by atoms with E-state index in [2.05, 4.69) is 16.1 Å². The molecular formula is C19H19N3O. The van der Waals surface area contributed by atoms with Crippen molar-refractivity contribution in [1.82, 2.24) is 9.55 Å². The van der Waals surface area contributed by atoms with Crippen LogP contribution in [-0.4, -0.2) is 14.7 Å². The highest BCUT2D eigenvalue weighted by Crippen LogP contribution is 2.24. The second-order valence-corrected chi connectivity index (χ2v) is 5.54. The van der Waals surface area contributed by atoms with Crippen molar-refractivity contribution in [3.63, 3.8) is 0 Å². The molecule has 4 nitrogen and oxygen atoms in total. The standard InChI is InChI=1S/C19H19N3O/c1-14(20)10-18-19(16-7-3-2-4-8-16)21-13-22(18)12-15-6-5-9-17(23)11-15/h2-9,11,13,23H,1,10,12,20H2. The van der Waals surface area contributed by atoms with Gasteiger partial charge < -0.3 is 15.4 Å². The average Bonchev–Trinajstić information content (AvgIpc) is 2.90. The van der Waals surface area contributed by atoms with Crippen molar-refractivity contribution >= 4 is 0 Å². The van der Waals surface area contributed by atoms with Gasteiger partial charge in [0.15, 0.2) is 0 Å². The van der Waals surface area contributed by atoms with Crippen LogP contribution in [0.4, 0.5) is 0 Å². The lowest BCUT2D eigenvalue weighted by Gasteiger charge is -2.11. The van der Waals surface area contributed by atoms with Gasteiger partial charge in [-0.3, -0.25) is 0 Å². The summed E-state index contributed by atoms with van der Waals surface area (Å²) < 4.78 is 2.05. The first-order valence-electron chi connectivity index (χ1n) is 7.44. The first-order chi connectivity index (χ1) is 11.1. The minimum atomic E-state index is 0.260. The Bertz CT molecular complexity index is 822. The molecule has 3 N–H and O–H groups in total. The lowest BCUT2D eigenvalue weighted by atomic mass is 10.1. The summed E-state index contributed by atoms with van der Waals surface area (Å²) in [4.78, 5) is 4.56. The molecule has 2 aromatic carbocycles. The minimum Gasteiger partial charge on any atom is -0.508 e. The van der Waals surface area contributed by atoms with Crippen LogP contribution in [0.5, 0.6) is 5.75 Å². The molecule has 1 aromatic heterocycles. The summed E-state index contributed by atoms with van der Waals surface area (Å²) in [5.41, 5.74) is 10.4. The van der Waals surface area contributed by atoms with Gasteiger partial charge in [-0.1, -0.05) is 49.0 Å². The van der Waals surface area contributed by atoms with E-state index in [1.165, 1.54) is 0 Å². The molecule has 0 atom stereocenters. The normalized spacial score (nSPS) is 10.6. The fourth-order valence-electron chi connectivity index (χ4n) is 2.63. The monoisotopic (exact) mass is 305 g/mol. The summed E-state index contributed by atoms with van der Waals surface area (Å²) in [6.45, 7) is 4.45. The number of nitrogens with two attached hydrogens (primary N) is 1. The largest absolute Gasteiger partial charge is 0.508 e. The summed E-state index contributed by atoms with van der Waals surface area (Å²) in [7, 11) is 0. The third kappa shape index (κ3) is 3.43. The maximum atomic E-state index is 9.63. The van der Waals surface area contributed by atoms with Crippen LogP contribution < -0.4 is 5.73 Å². The predicted octanol–water partition coefficient (Wildman–Crippen LogP) is 3.32. The molecule has 0 radical (unpaired) electrons. The van der Waals surface area contributed by atoms with Crippen LogP contribution in [0.1, 0.15) is 11.3 Å². The fraction of sp³-hybridized carbons (Fsp3) is 0.105. The van der Waals surface area contributed by atoms with Crippen molar-refractivity contribution in [3.8, 4) is 17.0 Å². The number of rotatable bonds is 5. The highest BCUT2D eigenvalue weighted by molar-refractivity contribution is 5.62. The molecule has 3 rings (SSSR count). The molecule has 23 heavy (non-hydrogen) atoms. The molecule has 0 saturated heterocycles. The Balaban J connectivity index is 2.00. The van der Waals surface area contributed by atoms with Gasteiger partial charge in [0, 0.05) is 24.2 Å². The predicted molar refractivity (Wildman–Crippen MR) is 91.9 cm³/mol. The number of aromatic nitrogens is 2. The van der Waals surface area contributed by atoms with E-state index in [0.717, 1.165) is 22.5 Å².